The predicted octanol–water partition coefficient (Wildman–Crippen LogP) is 4.30. The van der Waals surface area contributed by atoms with Crippen molar-refractivity contribution in [1.29, 1.82) is 0 Å². The number of rotatable bonds is 8. The minimum atomic E-state index is -4.59. The van der Waals surface area contributed by atoms with Crippen LogP contribution < -0.4 is 10.1 Å². The van der Waals surface area contributed by atoms with Crippen LogP contribution in [0.1, 0.15) is 24.9 Å². The minimum absolute atomic E-state index is 0.00405. The van der Waals surface area contributed by atoms with Crippen LogP contribution in [0.25, 0.3) is 28.1 Å². The summed E-state index contributed by atoms with van der Waals surface area (Å²) in [6.45, 7) is 2.36. The summed E-state index contributed by atoms with van der Waals surface area (Å²) < 4.78 is 55.4. The molecule has 1 aliphatic rings. The molecule has 39 heavy (non-hydrogen) atoms. The lowest BCUT2D eigenvalue weighted by Crippen LogP contribution is -2.40. The Morgan fingerprint density at radius 3 is 2.74 bits per heavy atom. The van der Waals surface area contributed by atoms with Gasteiger partial charge in [-0.05, 0) is 43.2 Å². The van der Waals surface area contributed by atoms with Crippen molar-refractivity contribution in [2.24, 2.45) is 0 Å². The zero-order chi connectivity index (χ0) is 27.7. The third-order valence-corrected chi connectivity index (χ3v) is 6.59. The number of fused-ring (bicyclic) bond motifs is 2. The molecule has 0 aliphatic carbocycles. The molecule has 0 radical (unpaired) electrons. The van der Waals surface area contributed by atoms with Gasteiger partial charge in [0.15, 0.2) is 11.5 Å². The first-order valence-corrected chi connectivity index (χ1v) is 12.3. The third kappa shape index (κ3) is 5.73. The standard InChI is InChI=1S/C26H27F3N6O4/c1-15(14-38-2)39-19-6-3-16-4-7-20(31-21(16)11-19)24-33-32-22-8-5-17(12-35(22)24)23(26(27,28)29)34-10-9-18(13-34)30-25(36)37/h3-8,11-12,15,18,23,30H,9-10,13-14H2,1-2H3,(H,36,37)/t15?,18?,23-/m1/s1. The molecule has 5 rings (SSSR count). The maximum atomic E-state index is 14.3. The molecule has 0 saturated carbocycles. The van der Waals surface area contributed by atoms with Crippen molar-refractivity contribution >= 4 is 22.6 Å². The summed E-state index contributed by atoms with van der Waals surface area (Å²) in [7, 11) is 1.60. The molecule has 3 atom stereocenters. The van der Waals surface area contributed by atoms with E-state index in [2.05, 4.69) is 20.5 Å². The van der Waals surface area contributed by atoms with E-state index in [1.807, 2.05) is 25.1 Å². The van der Waals surface area contributed by atoms with Gasteiger partial charge in [0.25, 0.3) is 0 Å². The monoisotopic (exact) mass is 544 g/mol. The molecule has 206 valence electrons. The summed E-state index contributed by atoms with van der Waals surface area (Å²) in [4.78, 5) is 16.9. The van der Waals surface area contributed by atoms with E-state index in [-0.39, 0.29) is 31.2 Å². The number of halogens is 3. The SMILES string of the molecule is COCC(C)Oc1ccc2ccc(-c3nnc4ccc([C@@H](N5CCC(NC(=O)O)C5)C(F)(F)F)cn34)nc2c1. The number of amides is 1. The maximum absolute atomic E-state index is 14.3. The molecule has 13 heteroatoms. The Balaban J connectivity index is 1.49. The fourth-order valence-electron chi connectivity index (χ4n) is 4.96. The van der Waals surface area contributed by atoms with Crippen molar-refractivity contribution in [1.82, 2.24) is 29.8 Å². The van der Waals surface area contributed by atoms with E-state index in [1.165, 1.54) is 27.6 Å². The highest BCUT2D eigenvalue weighted by Crippen LogP contribution is 2.39. The Kier molecular flexibility index (Phi) is 7.28. The summed E-state index contributed by atoms with van der Waals surface area (Å²) in [5.74, 6) is 0.903. The van der Waals surface area contributed by atoms with Crippen molar-refractivity contribution in [3.8, 4) is 17.3 Å². The van der Waals surface area contributed by atoms with E-state index in [0.717, 1.165) is 5.39 Å². The van der Waals surface area contributed by atoms with Gasteiger partial charge >= 0.3 is 12.3 Å². The molecule has 1 saturated heterocycles. The first-order chi connectivity index (χ1) is 18.6. The number of ether oxygens (including phenoxy) is 2. The van der Waals surface area contributed by atoms with Crippen molar-refractivity contribution in [3.05, 3.63) is 54.2 Å². The van der Waals surface area contributed by atoms with Gasteiger partial charge in [-0.15, -0.1) is 10.2 Å². The number of benzene rings is 1. The quantitative estimate of drug-likeness (QED) is 0.338. The molecule has 0 spiro atoms. The van der Waals surface area contributed by atoms with Gasteiger partial charge in [-0.25, -0.2) is 9.78 Å². The van der Waals surface area contributed by atoms with Gasteiger partial charge < -0.3 is 19.9 Å². The number of nitrogens with one attached hydrogen (secondary N) is 1. The second-order valence-electron chi connectivity index (χ2n) is 9.52. The molecule has 0 bridgehead atoms. The molecule has 2 unspecified atom stereocenters. The smallest absolute Gasteiger partial charge is 0.408 e. The molecule has 1 aliphatic heterocycles. The molecular weight excluding hydrogens is 517 g/mol. The topological polar surface area (TPSA) is 114 Å². The number of hydrogen-bond acceptors (Lipinski definition) is 7. The van der Waals surface area contributed by atoms with Crippen LogP contribution in [0.3, 0.4) is 0 Å². The zero-order valence-corrected chi connectivity index (χ0v) is 21.2. The number of methoxy groups -OCH3 is 1. The van der Waals surface area contributed by atoms with E-state index in [1.54, 1.807) is 19.2 Å². The lowest BCUT2D eigenvalue weighted by Gasteiger charge is -2.30. The second-order valence-corrected chi connectivity index (χ2v) is 9.52. The van der Waals surface area contributed by atoms with Crippen molar-refractivity contribution < 1.29 is 32.5 Å². The Morgan fingerprint density at radius 2 is 2.00 bits per heavy atom. The Morgan fingerprint density at radius 1 is 1.21 bits per heavy atom. The highest BCUT2D eigenvalue weighted by Gasteiger charge is 2.47. The number of alkyl halides is 3. The fourth-order valence-corrected chi connectivity index (χ4v) is 4.96. The number of pyridine rings is 2. The number of hydrogen-bond donors (Lipinski definition) is 2. The lowest BCUT2D eigenvalue weighted by molar-refractivity contribution is -0.184. The minimum Gasteiger partial charge on any atom is -0.488 e. The molecule has 4 aromatic rings. The Bertz CT molecular complexity index is 1490. The Labute approximate surface area is 221 Å². The molecule has 4 heterocycles. The van der Waals surface area contributed by atoms with Crippen molar-refractivity contribution in [3.63, 3.8) is 0 Å². The molecule has 1 fully saturated rings. The summed E-state index contributed by atoms with van der Waals surface area (Å²) in [6, 6.07) is 9.45. The van der Waals surface area contributed by atoms with E-state index in [0.29, 0.717) is 35.0 Å². The molecule has 1 aromatic carbocycles. The molecule has 3 aromatic heterocycles. The maximum Gasteiger partial charge on any atom is 0.408 e. The number of carboxylic acid groups (broad SMARTS) is 1. The van der Waals surface area contributed by atoms with Crippen LogP contribution in [-0.2, 0) is 4.74 Å². The largest absolute Gasteiger partial charge is 0.488 e. The summed E-state index contributed by atoms with van der Waals surface area (Å²) in [5.41, 5.74) is 1.43. The van der Waals surface area contributed by atoms with Crippen molar-refractivity contribution in [2.75, 3.05) is 26.8 Å². The Hall–Kier alpha value is -3.97. The van der Waals surface area contributed by atoms with Crippen LogP contribution in [0, 0.1) is 0 Å². The van der Waals surface area contributed by atoms with Gasteiger partial charge in [-0.2, -0.15) is 13.2 Å². The number of likely N-dealkylation sites (tertiary alicyclic amines) is 1. The van der Waals surface area contributed by atoms with E-state index >= 15 is 0 Å². The predicted molar refractivity (Wildman–Crippen MR) is 136 cm³/mol. The van der Waals surface area contributed by atoms with E-state index in [4.69, 9.17) is 14.6 Å². The van der Waals surface area contributed by atoms with Crippen molar-refractivity contribution in [2.45, 2.75) is 37.7 Å². The average Bonchev–Trinajstić information content (AvgIpc) is 3.49. The summed E-state index contributed by atoms with van der Waals surface area (Å²) in [6.07, 6.45) is -4.35. The van der Waals surface area contributed by atoms with Crippen LogP contribution in [0.5, 0.6) is 5.75 Å². The lowest BCUT2D eigenvalue weighted by atomic mass is 10.1. The number of carbonyl (C=O) groups is 1. The fraction of sp³-hybridized carbons (Fsp3) is 0.385. The van der Waals surface area contributed by atoms with Crippen LogP contribution in [-0.4, -0.2) is 80.8 Å². The number of aromatic nitrogens is 4. The normalized spacial score (nSPS) is 17.9. The van der Waals surface area contributed by atoms with E-state index < -0.39 is 24.4 Å². The van der Waals surface area contributed by atoms with Crippen LogP contribution in [0.15, 0.2) is 48.7 Å². The molecule has 1 amide bonds. The third-order valence-electron chi connectivity index (χ3n) is 6.59. The first kappa shape index (κ1) is 26.6. The highest BCUT2D eigenvalue weighted by molar-refractivity contribution is 5.82. The zero-order valence-electron chi connectivity index (χ0n) is 21.2. The van der Waals surface area contributed by atoms with E-state index in [9.17, 15) is 18.0 Å². The second kappa shape index (κ2) is 10.7. The van der Waals surface area contributed by atoms with Gasteiger partial charge in [-0.1, -0.05) is 12.1 Å². The van der Waals surface area contributed by atoms with Gasteiger partial charge in [0.2, 0.25) is 0 Å². The first-order valence-electron chi connectivity index (χ1n) is 12.3. The van der Waals surface area contributed by atoms with Gasteiger partial charge in [0, 0.05) is 43.9 Å². The van der Waals surface area contributed by atoms with Gasteiger partial charge in [0.05, 0.1) is 12.1 Å². The molecule has 2 N–H and O–H groups in total. The summed E-state index contributed by atoms with van der Waals surface area (Å²) in [5, 5.41) is 20.4. The summed E-state index contributed by atoms with van der Waals surface area (Å²) >= 11 is 0. The highest BCUT2D eigenvalue weighted by atomic mass is 19.4. The van der Waals surface area contributed by atoms with Crippen LogP contribution in [0.2, 0.25) is 0 Å². The number of nitrogens with zero attached hydrogens (tertiary/aromatic N) is 5. The van der Waals surface area contributed by atoms with Gasteiger partial charge in [-0.3, -0.25) is 9.30 Å². The van der Waals surface area contributed by atoms with Gasteiger partial charge in [0.1, 0.15) is 23.6 Å². The molecular formula is C26H27F3N6O4. The van der Waals surface area contributed by atoms with Crippen LogP contribution >= 0.6 is 0 Å². The molecule has 10 nitrogen and oxygen atoms in total. The van der Waals surface area contributed by atoms with Crippen LogP contribution in [0.4, 0.5) is 18.0 Å². The average molecular weight is 545 g/mol.